The number of benzene rings is 4. The molecule has 284 valence electrons. The summed E-state index contributed by atoms with van der Waals surface area (Å²) >= 11 is 0. The van der Waals surface area contributed by atoms with Gasteiger partial charge < -0.3 is 19.3 Å². The van der Waals surface area contributed by atoms with Crippen molar-refractivity contribution in [1.29, 1.82) is 0 Å². The summed E-state index contributed by atoms with van der Waals surface area (Å²) in [5.41, 5.74) is -2.26. The Morgan fingerprint density at radius 3 is 1.68 bits per heavy atom. The number of aliphatic hydroxyl groups is 1. The van der Waals surface area contributed by atoms with Gasteiger partial charge in [-0.2, -0.15) is 4.39 Å². The number of ether oxygens (including phenoxy) is 3. The number of rotatable bonds is 12. The summed E-state index contributed by atoms with van der Waals surface area (Å²) in [4.78, 5) is 23.9. The molecule has 53 heavy (non-hydrogen) atoms. The van der Waals surface area contributed by atoms with Crippen LogP contribution in [0.15, 0.2) is 97.1 Å². The highest BCUT2D eigenvalue weighted by molar-refractivity contribution is 5.46. The van der Waals surface area contributed by atoms with Crippen LogP contribution in [0.2, 0.25) is 0 Å². The van der Waals surface area contributed by atoms with E-state index in [1.807, 2.05) is 74.5 Å². The van der Waals surface area contributed by atoms with Crippen molar-refractivity contribution in [2.75, 3.05) is 52.5 Å². The fourth-order valence-corrected chi connectivity index (χ4v) is 5.76. The number of likely N-dealkylation sites (tertiary alicyclic amines) is 2. The van der Waals surface area contributed by atoms with E-state index in [2.05, 4.69) is 9.80 Å². The Morgan fingerprint density at radius 1 is 0.698 bits per heavy atom. The zero-order valence-corrected chi connectivity index (χ0v) is 29.5. The van der Waals surface area contributed by atoms with Gasteiger partial charge in [0.2, 0.25) is 5.82 Å². The Kier molecular flexibility index (Phi) is 14.5. The zero-order valence-electron chi connectivity index (χ0n) is 29.5. The number of para-hydroxylation sites is 2. The summed E-state index contributed by atoms with van der Waals surface area (Å²) in [5, 5.41) is 30.9. The minimum Gasteiger partial charge on any atom is -0.492 e. The number of hydrogen-bond donors (Lipinski definition) is 1. The molecule has 2 heterocycles. The maximum Gasteiger partial charge on any atom is 0.313 e. The van der Waals surface area contributed by atoms with E-state index in [1.54, 1.807) is 0 Å². The molecule has 2 fully saturated rings. The number of nitro groups is 2. The van der Waals surface area contributed by atoms with E-state index >= 15 is 0 Å². The highest BCUT2D eigenvalue weighted by Crippen LogP contribution is 2.34. The monoisotopic (exact) mass is 740 g/mol. The van der Waals surface area contributed by atoms with Gasteiger partial charge in [-0.3, -0.25) is 30.0 Å². The second-order valence-corrected chi connectivity index (χ2v) is 13.1. The van der Waals surface area contributed by atoms with Crippen LogP contribution in [-0.4, -0.2) is 88.4 Å². The van der Waals surface area contributed by atoms with Gasteiger partial charge in [0.1, 0.15) is 41.9 Å². The predicted molar refractivity (Wildman–Crippen MR) is 192 cm³/mol. The molecule has 2 aliphatic heterocycles. The molecule has 0 saturated carbocycles. The summed E-state index contributed by atoms with van der Waals surface area (Å²) in [6.45, 7) is 9.81. The molecule has 6 rings (SSSR count). The molecule has 0 amide bonds. The standard InChI is InChI=1S/C19H21FN2O4.C13H19NO2.C6H3F2NO2/c1-19(26-18-8-7-15(20)13-17(18)22(23)24)9-10-21(14-19)11-12-25-16-5-3-2-4-6-16;1-13(15)7-8-14(11-13)9-10-16-12-5-3-2-4-6-12;7-4-1-2-5(8)6(3-4)9(10)11/h2-8,13H,9-12,14H2,1H3;2-6,15H,7-11H2,1H3;1-3H. The molecule has 1 N–H and O–H groups in total. The fraction of sp³-hybridized carbons (Fsp3) is 0.368. The van der Waals surface area contributed by atoms with Crippen LogP contribution in [0.4, 0.5) is 24.5 Å². The molecule has 2 aliphatic rings. The first-order valence-corrected chi connectivity index (χ1v) is 17.0. The van der Waals surface area contributed by atoms with Crippen molar-refractivity contribution < 1.29 is 42.3 Å². The molecular formula is C38H43F3N4O8. The van der Waals surface area contributed by atoms with Crippen molar-refractivity contribution in [2.24, 2.45) is 0 Å². The van der Waals surface area contributed by atoms with Gasteiger partial charge in [0.25, 0.3) is 0 Å². The molecular weight excluding hydrogens is 697 g/mol. The lowest BCUT2D eigenvalue weighted by Gasteiger charge is -2.26. The second kappa shape index (κ2) is 19.0. The molecule has 15 heteroatoms. The third-order valence-corrected chi connectivity index (χ3v) is 8.46. The van der Waals surface area contributed by atoms with Gasteiger partial charge in [-0.15, -0.1) is 0 Å². The van der Waals surface area contributed by atoms with Crippen molar-refractivity contribution in [3.05, 3.63) is 135 Å². The highest BCUT2D eigenvalue weighted by atomic mass is 19.1. The largest absolute Gasteiger partial charge is 0.492 e. The summed E-state index contributed by atoms with van der Waals surface area (Å²) in [5.74, 6) is -0.669. The quantitative estimate of drug-likeness (QED) is 0.119. The Hall–Kier alpha value is -5.25. The van der Waals surface area contributed by atoms with Gasteiger partial charge >= 0.3 is 11.4 Å². The average molecular weight is 741 g/mol. The van der Waals surface area contributed by atoms with Gasteiger partial charge in [0.15, 0.2) is 5.75 Å². The first-order valence-electron chi connectivity index (χ1n) is 17.0. The van der Waals surface area contributed by atoms with Gasteiger partial charge in [0, 0.05) is 45.7 Å². The number of nitro benzene ring substituents is 2. The van der Waals surface area contributed by atoms with Crippen LogP contribution in [0.1, 0.15) is 26.7 Å². The summed E-state index contributed by atoms with van der Waals surface area (Å²) in [6.07, 6.45) is 1.59. The van der Waals surface area contributed by atoms with Crippen molar-refractivity contribution in [2.45, 2.75) is 37.9 Å². The third-order valence-electron chi connectivity index (χ3n) is 8.46. The minimum absolute atomic E-state index is 0.0984. The van der Waals surface area contributed by atoms with Gasteiger partial charge in [-0.05, 0) is 68.8 Å². The zero-order chi connectivity index (χ0) is 38.4. The number of nitrogens with zero attached hydrogens (tertiary/aromatic N) is 4. The molecule has 0 radical (unpaired) electrons. The minimum atomic E-state index is -1.03. The van der Waals surface area contributed by atoms with Gasteiger partial charge in [-0.25, -0.2) is 8.78 Å². The molecule has 4 aromatic rings. The van der Waals surface area contributed by atoms with Gasteiger partial charge in [0.05, 0.1) is 27.6 Å². The lowest BCUT2D eigenvalue weighted by molar-refractivity contribution is -0.387. The van der Waals surface area contributed by atoms with Crippen molar-refractivity contribution in [3.8, 4) is 17.2 Å². The van der Waals surface area contributed by atoms with Crippen molar-refractivity contribution >= 4 is 11.4 Å². The molecule has 2 atom stereocenters. The second-order valence-electron chi connectivity index (χ2n) is 13.1. The predicted octanol–water partition coefficient (Wildman–Crippen LogP) is 7.05. The van der Waals surface area contributed by atoms with E-state index < -0.39 is 44.2 Å². The van der Waals surface area contributed by atoms with Crippen molar-refractivity contribution in [1.82, 2.24) is 9.80 Å². The number of hydrogen-bond acceptors (Lipinski definition) is 10. The number of β-amino-alcohol motifs (C(OH)–C–C–N with tert-alkyl or cyclic N) is 1. The molecule has 0 bridgehead atoms. The topological polar surface area (TPSA) is 141 Å². The van der Waals surface area contributed by atoms with Crippen LogP contribution in [0.25, 0.3) is 0 Å². The van der Waals surface area contributed by atoms with Crippen LogP contribution < -0.4 is 14.2 Å². The molecule has 2 unspecified atom stereocenters. The highest BCUT2D eigenvalue weighted by Gasteiger charge is 2.37. The van der Waals surface area contributed by atoms with Crippen LogP contribution >= 0.6 is 0 Å². The molecule has 0 aromatic heterocycles. The summed E-state index contributed by atoms with van der Waals surface area (Å²) in [6, 6.07) is 24.9. The van der Waals surface area contributed by atoms with E-state index in [-0.39, 0.29) is 11.4 Å². The summed E-state index contributed by atoms with van der Waals surface area (Å²) in [7, 11) is 0. The molecule has 2 saturated heterocycles. The average Bonchev–Trinajstić information content (AvgIpc) is 3.68. The molecule has 0 spiro atoms. The maximum absolute atomic E-state index is 13.3. The Balaban J connectivity index is 0.000000197. The van der Waals surface area contributed by atoms with E-state index in [4.69, 9.17) is 14.2 Å². The van der Waals surface area contributed by atoms with Gasteiger partial charge in [-0.1, -0.05) is 36.4 Å². The Labute approximate surface area is 305 Å². The number of halogens is 3. The van der Waals surface area contributed by atoms with Crippen LogP contribution in [0, 0.1) is 37.7 Å². The van der Waals surface area contributed by atoms with E-state index in [1.165, 1.54) is 12.1 Å². The molecule has 4 aromatic carbocycles. The fourth-order valence-electron chi connectivity index (χ4n) is 5.76. The Bertz CT molecular complexity index is 1790. The van der Waals surface area contributed by atoms with Crippen LogP contribution in [0.3, 0.4) is 0 Å². The van der Waals surface area contributed by atoms with Crippen molar-refractivity contribution in [3.63, 3.8) is 0 Å². The SMILES string of the molecule is CC1(O)CCN(CCOc2ccccc2)C1.CC1(Oc2ccc(F)cc2[N+](=O)[O-])CCN(CCOc2ccccc2)C1.O=[N+]([O-])c1cc(F)ccc1F. The first-order chi connectivity index (χ1) is 25.2. The third kappa shape index (κ3) is 13.3. The van der Waals surface area contributed by atoms with Crippen LogP contribution in [-0.2, 0) is 0 Å². The smallest absolute Gasteiger partial charge is 0.313 e. The molecule has 0 aliphatic carbocycles. The van der Waals surface area contributed by atoms with E-state index in [0.29, 0.717) is 31.9 Å². The lowest BCUT2D eigenvalue weighted by atomic mass is 10.1. The first kappa shape index (κ1) is 40.5. The van der Waals surface area contributed by atoms with Crippen LogP contribution in [0.5, 0.6) is 17.2 Å². The normalized spacial score (nSPS) is 19.7. The molecule has 12 nitrogen and oxygen atoms in total. The lowest BCUT2D eigenvalue weighted by Crippen LogP contribution is -2.37. The Morgan fingerprint density at radius 2 is 1.19 bits per heavy atom. The summed E-state index contributed by atoms with van der Waals surface area (Å²) < 4.78 is 55.2. The maximum atomic E-state index is 13.3. The van der Waals surface area contributed by atoms with E-state index in [0.717, 1.165) is 69.2 Å². The van der Waals surface area contributed by atoms with E-state index in [9.17, 15) is 38.5 Å².